The Morgan fingerprint density at radius 3 is 2.68 bits per heavy atom. The van der Waals surface area contributed by atoms with Gasteiger partial charge >= 0.3 is 0 Å². The van der Waals surface area contributed by atoms with Crippen molar-refractivity contribution >= 4 is 15.7 Å². The minimum absolute atomic E-state index is 0.00195. The van der Waals surface area contributed by atoms with Crippen LogP contribution in [0.15, 0.2) is 29.2 Å². The number of benzene rings is 1. The van der Waals surface area contributed by atoms with Crippen LogP contribution in [0.1, 0.15) is 19.8 Å². The minimum Gasteiger partial charge on any atom is -0.481 e. The monoisotopic (exact) mass is 366 g/mol. The van der Waals surface area contributed by atoms with Crippen LogP contribution in [0.25, 0.3) is 0 Å². The zero-order chi connectivity index (χ0) is 18.5. The highest BCUT2D eigenvalue weighted by molar-refractivity contribution is 7.93. The van der Waals surface area contributed by atoms with E-state index in [1.807, 2.05) is 11.8 Å². The number of terminal acetylenes is 1. The lowest BCUT2D eigenvalue weighted by molar-refractivity contribution is -0.133. The van der Waals surface area contributed by atoms with Gasteiger partial charge in [-0.25, -0.2) is 13.9 Å². The second-order valence-electron chi connectivity index (χ2n) is 5.88. The number of carbonyl (C=O) groups excluding carboxylic acids is 1. The summed E-state index contributed by atoms with van der Waals surface area (Å²) >= 11 is 0. The van der Waals surface area contributed by atoms with E-state index in [1.165, 1.54) is 24.3 Å². The highest BCUT2D eigenvalue weighted by atomic mass is 32.2. The van der Waals surface area contributed by atoms with Crippen LogP contribution in [0.4, 0.5) is 0 Å². The number of carbonyl (C=O) groups is 1. The van der Waals surface area contributed by atoms with Crippen molar-refractivity contribution in [2.24, 2.45) is 0 Å². The van der Waals surface area contributed by atoms with Gasteiger partial charge in [-0.2, -0.15) is 0 Å². The number of likely N-dealkylation sites (tertiary alicyclic amines) is 1. The molecule has 0 aliphatic carbocycles. The number of sulfone groups is 1. The van der Waals surface area contributed by atoms with Crippen molar-refractivity contribution in [3.8, 4) is 18.1 Å². The Labute approximate surface area is 147 Å². The molecule has 25 heavy (non-hydrogen) atoms. The van der Waals surface area contributed by atoms with Crippen molar-refractivity contribution in [2.45, 2.75) is 29.4 Å². The zero-order valence-electron chi connectivity index (χ0n) is 14.1. The molecule has 0 radical (unpaired) electrons. The summed E-state index contributed by atoms with van der Waals surface area (Å²) < 4.78 is 30.0. The maximum Gasteiger partial charge on any atom is 0.266 e. The summed E-state index contributed by atoms with van der Waals surface area (Å²) in [7, 11) is -4.02. The Bertz CT molecular complexity index is 754. The molecule has 0 bridgehead atoms. The average Bonchev–Trinajstić information content (AvgIpc) is 2.65. The highest BCUT2D eigenvalue weighted by Crippen LogP contribution is 2.35. The largest absolute Gasteiger partial charge is 0.481 e. The Hall–Kier alpha value is -2.08. The van der Waals surface area contributed by atoms with E-state index in [9.17, 15) is 13.2 Å². The fraction of sp³-hybridized carbons (Fsp3) is 0.471. The van der Waals surface area contributed by atoms with E-state index in [0.717, 1.165) is 0 Å². The summed E-state index contributed by atoms with van der Waals surface area (Å²) in [4.78, 5) is 14.3. The van der Waals surface area contributed by atoms with Crippen LogP contribution in [0.5, 0.6) is 5.75 Å². The summed E-state index contributed by atoms with van der Waals surface area (Å²) in [5.41, 5.74) is 1.54. The normalized spacial score (nSPS) is 21.3. The molecule has 1 saturated heterocycles. The van der Waals surface area contributed by atoms with Gasteiger partial charge in [0.15, 0.2) is 14.6 Å². The molecule has 0 saturated carbocycles. The smallest absolute Gasteiger partial charge is 0.266 e. The van der Waals surface area contributed by atoms with Gasteiger partial charge in [-0.05, 0) is 50.2 Å². The second-order valence-corrected chi connectivity index (χ2v) is 8.13. The van der Waals surface area contributed by atoms with Crippen molar-refractivity contribution < 1.29 is 23.2 Å². The molecule has 1 aliphatic heterocycles. The van der Waals surface area contributed by atoms with Gasteiger partial charge in [-0.1, -0.05) is 12.8 Å². The molecular formula is C17H22N2O5S. The van der Waals surface area contributed by atoms with E-state index in [2.05, 4.69) is 5.92 Å². The van der Waals surface area contributed by atoms with E-state index in [-0.39, 0.29) is 24.5 Å². The third-order valence-corrected chi connectivity index (χ3v) is 6.91. The average molecular weight is 366 g/mol. The number of hydrogen-bond donors (Lipinski definition) is 2. The van der Waals surface area contributed by atoms with Crippen LogP contribution in [-0.2, 0) is 14.6 Å². The summed E-state index contributed by atoms with van der Waals surface area (Å²) in [6.07, 6.45) is 5.81. The van der Waals surface area contributed by atoms with Crippen molar-refractivity contribution in [3.05, 3.63) is 24.3 Å². The maximum absolute atomic E-state index is 13.2. The van der Waals surface area contributed by atoms with Gasteiger partial charge in [0.1, 0.15) is 12.4 Å². The highest BCUT2D eigenvalue weighted by Gasteiger charge is 2.53. The quantitative estimate of drug-likeness (QED) is 0.440. The van der Waals surface area contributed by atoms with Crippen LogP contribution in [-0.4, -0.2) is 55.4 Å². The number of amides is 1. The summed E-state index contributed by atoms with van der Waals surface area (Å²) in [5, 5.41) is 9.14. The number of nitrogens with zero attached hydrogens (tertiary/aromatic N) is 1. The number of ether oxygens (including phenoxy) is 1. The fourth-order valence-corrected chi connectivity index (χ4v) is 5.07. The molecular weight excluding hydrogens is 344 g/mol. The SMILES string of the molecule is C#CCOc1ccc(S(=O)(=O)C2(C(=O)NO)CCCN(CC)C2)cc1. The standard InChI is InChI=1S/C17H22N2O5S/c1-3-12-24-14-6-8-15(9-7-14)25(22,23)17(16(20)18-21)10-5-11-19(4-2)13-17/h1,6-9,21H,4-5,10-13H2,2H3,(H,18,20). The van der Waals surface area contributed by atoms with Crippen molar-refractivity contribution in [3.63, 3.8) is 0 Å². The van der Waals surface area contributed by atoms with Crippen molar-refractivity contribution in [1.29, 1.82) is 0 Å². The lowest BCUT2D eigenvalue weighted by atomic mass is 9.96. The van der Waals surface area contributed by atoms with E-state index in [0.29, 0.717) is 25.3 Å². The van der Waals surface area contributed by atoms with Crippen LogP contribution in [0.2, 0.25) is 0 Å². The molecule has 2 N–H and O–H groups in total. The van der Waals surface area contributed by atoms with Crippen LogP contribution >= 0.6 is 0 Å². The fourth-order valence-electron chi connectivity index (χ4n) is 3.07. The number of nitrogens with one attached hydrogen (secondary N) is 1. The number of hydrogen-bond acceptors (Lipinski definition) is 6. The van der Waals surface area contributed by atoms with Gasteiger partial charge in [-0.15, -0.1) is 6.42 Å². The molecule has 1 amide bonds. The zero-order valence-corrected chi connectivity index (χ0v) is 14.9. The van der Waals surface area contributed by atoms with E-state index < -0.39 is 20.5 Å². The molecule has 8 heteroatoms. The molecule has 1 unspecified atom stereocenters. The van der Waals surface area contributed by atoms with Crippen molar-refractivity contribution in [1.82, 2.24) is 10.4 Å². The lowest BCUT2D eigenvalue weighted by Crippen LogP contribution is -2.60. The summed E-state index contributed by atoms with van der Waals surface area (Å²) in [6.45, 7) is 3.35. The predicted octanol–water partition coefficient (Wildman–Crippen LogP) is 0.832. The second kappa shape index (κ2) is 7.87. The molecule has 0 spiro atoms. The Morgan fingerprint density at radius 1 is 1.44 bits per heavy atom. The molecule has 1 fully saturated rings. The van der Waals surface area contributed by atoms with E-state index >= 15 is 0 Å². The third-order valence-electron chi connectivity index (χ3n) is 4.47. The van der Waals surface area contributed by atoms with Crippen LogP contribution < -0.4 is 10.2 Å². The van der Waals surface area contributed by atoms with E-state index in [4.69, 9.17) is 16.4 Å². The first-order valence-corrected chi connectivity index (χ1v) is 9.47. The van der Waals surface area contributed by atoms with Crippen LogP contribution in [0, 0.1) is 12.3 Å². The molecule has 1 aromatic carbocycles. The van der Waals surface area contributed by atoms with Gasteiger partial charge in [0.2, 0.25) is 0 Å². The van der Waals surface area contributed by atoms with Gasteiger partial charge in [-0.3, -0.25) is 10.0 Å². The van der Waals surface area contributed by atoms with Gasteiger partial charge in [0.25, 0.3) is 5.91 Å². The maximum atomic E-state index is 13.2. The molecule has 7 nitrogen and oxygen atoms in total. The van der Waals surface area contributed by atoms with Gasteiger partial charge < -0.3 is 9.64 Å². The minimum atomic E-state index is -4.02. The molecule has 1 heterocycles. The summed E-state index contributed by atoms with van der Waals surface area (Å²) in [5.74, 6) is 1.86. The third kappa shape index (κ3) is 3.63. The van der Waals surface area contributed by atoms with E-state index in [1.54, 1.807) is 5.48 Å². The molecule has 136 valence electrons. The molecule has 1 atom stereocenters. The molecule has 1 aromatic rings. The Balaban J connectivity index is 2.42. The topological polar surface area (TPSA) is 95.9 Å². The first-order valence-electron chi connectivity index (χ1n) is 7.99. The number of hydroxylamine groups is 1. The molecule has 1 aliphatic rings. The molecule has 2 rings (SSSR count). The predicted molar refractivity (Wildman–Crippen MR) is 92.0 cm³/mol. The van der Waals surface area contributed by atoms with Crippen molar-refractivity contribution in [2.75, 3.05) is 26.2 Å². The first kappa shape index (κ1) is 19.2. The van der Waals surface area contributed by atoms with Gasteiger partial charge in [0, 0.05) is 6.54 Å². The van der Waals surface area contributed by atoms with Crippen LogP contribution in [0.3, 0.4) is 0 Å². The summed E-state index contributed by atoms with van der Waals surface area (Å²) in [6, 6.07) is 5.77. The first-order chi connectivity index (χ1) is 11.9. The Morgan fingerprint density at radius 2 is 2.12 bits per heavy atom. The molecule has 0 aromatic heterocycles. The number of piperidine rings is 1. The number of rotatable bonds is 6. The Kier molecular flexibility index (Phi) is 6.06. The van der Waals surface area contributed by atoms with Gasteiger partial charge in [0.05, 0.1) is 4.90 Å². The lowest BCUT2D eigenvalue weighted by Gasteiger charge is -2.40.